The van der Waals surface area contributed by atoms with Gasteiger partial charge in [0, 0.05) is 31.7 Å². The van der Waals surface area contributed by atoms with Crippen LogP contribution in [0.5, 0.6) is 0 Å². The van der Waals surface area contributed by atoms with Crippen molar-refractivity contribution >= 4 is 21.6 Å². The third-order valence-electron chi connectivity index (χ3n) is 4.68. The maximum Gasteiger partial charge on any atom is 0.266 e. The van der Waals surface area contributed by atoms with Gasteiger partial charge in [-0.15, -0.1) is 0 Å². The Morgan fingerprint density at radius 2 is 1.39 bits per heavy atom. The Balaban J connectivity index is 1.77. The molecular weight excluding hydrogens is 312 g/mol. The fourth-order valence-electron chi connectivity index (χ4n) is 3.34. The van der Waals surface area contributed by atoms with E-state index in [0.29, 0.717) is 19.4 Å². The Morgan fingerprint density at radius 1 is 0.783 bits per heavy atom. The number of carbonyl (C=O) groups excluding carboxylic acids is 1. The van der Waals surface area contributed by atoms with E-state index in [0.717, 1.165) is 23.1 Å². The maximum atomic E-state index is 12.5. The highest BCUT2D eigenvalue weighted by Crippen LogP contribution is 2.25. The minimum atomic E-state index is -3.68. The van der Waals surface area contributed by atoms with Crippen molar-refractivity contribution in [3.8, 4) is 0 Å². The van der Waals surface area contributed by atoms with Gasteiger partial charge in [-0.05, 0) is 43.5 Å². The Labute approximate surface area is 138 Å². The summed E-state index contributed by atoms with van der Waals surface area (Å²) in [7, 11) is -3.68. The van der Waals surface area contributed by atoms with Crippen molar-refractivity contribution in [1.29, 1.82) is 0 Å². The first-order valence-corrected chi connectivity index (χ1v) is 9.94. The van der Waals surface area contributed by atoms with Gasteiger partial charge < -0.3 is 4.90 Å². The van der Waals surface area contributed by atoms with Gasteiger partial charge in [0.05, 0.1) is 4.90 Å². The second-order valence-corrected chi connectivity index (χ2v) is 8.19. The van der Waals surface area contributed by atoms with Gasteiger partial charge in [-0.2, -0.15) is 0 Å². The molecule has 2 heterocycles. The highest BCUT2D eigenvalue weighted by molar-refractivity contribution is 7.89. The molecule has 2 fully saturated rings. The molecule has 2 saturated heterocycles. The first-order valence-electron chi connectivity index (χ1n) is 8.49. The van der Waals surface area contributed by atoms with E-state index in [2.05, 4.69) is 4.90 Å². The van der Waals surface area contributed by atoms with Crippen LogP contribution in [-0.4, -0.2) is 38.3 Å². The molecule has 0 spiro atoms. The molecule has 0 aliphatic carbocycles. The fourth-order valence-corrected chi connectivity index (χ4v) is 4.80. The second kappa shape index (κ2) is 6.91. The number of hydrogen-bond donors (Lipinski definition) is 0. The minimum absolute atomic E-state index is 0.212. The number of carbonyl (C=O) groups is 1. The zero-order chi connectivity index (χ0) is 16.3. The van der Waals surface area contributed by atoms with Crippen molar-refractivity contribution in [3.05, 3.63) is 24.3 Å². The van der Waals surface area contributed by atoms with Gasteiger partial charge in [0.2, 0.25) is 5.91 Å². The summed E-state index contributed by atoms with van der Waals surface area (Å²) in [6, 6.07) is 7.01. The average Bonchev–Trinajstić information content (AvgIpc) is 2.94. The van der Waals surface area contributed by atoms with Gasteiger partial charge in [-0.1, -0.05) is 19.3 Å². The predicted molar refractivity (Wildman–Crippen MR) is 89.9 cm³/mol. The lowest BCUT2D eigenvalue weighted by atomic mass is 10.1. The minimum Gasteiger partial charge on any atom is -0.372 e. The maximum absolute atomic E-state index is 12.5. The Kier molecular flexibility index (Phi) is 4.90. The normalized spacial score (nSPS) is 20.4. The summed E-state index contributed by atoms with van der Waals surface area (Å²) in [5.74, 6) is -0.294. The highest BCUT2D eigenvalue weighted by Gasteiger charge is 2.32. The van der Waals surface area contributed by atoms with Gasteiger partial charge in [-0.25, -0.2) is 12.7 Å². The zero-order valence-corrected chi connectivity index (χ0v) is 14.2. The van der Waals surface area contributed by atoms with Crippen LogP contribution in [0.4, 0.5) is 5.69 Å². The van der Waals surface area contributed by atoms with E-state index < -0.39 is 10.0 Å². The summed E-state index contributed by atoms with van der Waals surface area (Å²) in [6.45, 7) is 2.35. The Morgan fingerprint density at radius 3 is 1.96 bits per heavy atom. The molecule has 126 valence electrons. The van der Waals surface area contributed by atoms with Crippen LogP contribution in [0.25, 0.3) is 0 Å². The van der Waals surface area contributed by atoms with Crippen molar-refractivity contribution in [2.24, 2.45) is 0 Å². The standard InChI is InChI=1S/C17H24N2O3S/c20-17-7-6-14-19(17)23(21,22)16-10-8-15(9-11-16)18-12-4-2-1-3-5-13-18/h8-11H,1-7,12-14H2. The quantitative estimate of drug-likeness (QED) is 0.852. The van der Waals surface area contributed by atoms with Crippen molar-refractivity contribution in [2.45, 2.75) is 49.8 Å². The lowest BCUT2D eigenvalue weighted by Crippen LogP contribution is -2.32. The fraction of sp³-hybridized carbons (Fsp3) is 0.588. The van der Waals surface area contributed by atoms with Gasteiger partial charge >= 0.3 is 0 Å². The van der Waals surface area contributed by atoms with E-state index in [-0.39, 0.29) is 10.8 Å². The van der Waals surface area contributed by atoms with Crippen LogP contribution in [0.1, 0.15) is 44.9 Å². The molecule has 0 saturated carbocycles. The molecule has 0 bridgehead atoms. The number of sulfonamides is 1. The van der Waals surface area contributed by atoms with Crippen molar-refractivity contribution in [3.63, 3.8) is 0 Å². The average molecular weight is 336 g/mol. The summed E-state index contributed by atoms with van der Waals surface area (Å²) >= 11 is 0. The molecule has 23 heavy (non-hydrogen) atoms. The molecule has 3 rings (SSSR count). The topological polar surface area (TPSA) is 57.7 Å². The molecule has 5 nitrogen and oxygen atoms in total. The molecule has 0 N–H and O–H groups in total. The smallest absolute Gasteiger partial charge is 0.266 e. The number of amides is 1. The molecule has 0 atom stereocenters. The van der Waals surface area contributed by atoms with Crippen molar-refractivity contribution in [1.82, 2.24) is 4.31 Å². The molecule has 1 amide bonds. The predicted octanol–water partition coefficient (Wildman–Crippen LogP) is 2.77. The van der Waals surface area contributed by atoms with Gasteiger partial charge in [0.25, 0.3) is 10.0 Å². The van der Waals surface area contributed by atoms with Gasteiger partial charge in [-0.3, -0.25) is 4.79 Å². The largest absolute Gasteiger partial charge is 0.372 e. The van der Waals surface area contributed by atoms with Crippen molar-refractivity contribution < 1.29 is 13.2 Å². The summed E-state index contributed by atoms with van der Waals surface area (Å²) in [6.07, 6.45) is 7.15. The SMILES string of the molecule is O=C1CCCN1S(=O)(=O)c1ccc(N2CCCCCCC2)cc1. The van der Waals surface area contributed by atoms with E-state index in [9.17, 15) is 13.2 Å². The van der Waals surface area contributed by atoms with Crippen LogP contribution < -0.4 is 4.90 Å². The van der Waals surface area contributed by atoms with Crippen LogP contribution in [0.3, 0.4) is 0 Å². The number of rotatable bonds is 3. The Hall–Kier alpha value is -1.56. The molecule has 1 aromatic carbocycles. The lowest BCUT2D eigenvalue weighted by molar-refractivity contribution is -0.123. The third kappa shape index (κ3) is 3.52. The summed E-state index contributed by atoms with van der Waals surface area (Å²) in [4.78, 5) is 14.3. The van der Waals surface area contributed by atoms with Gasteiger partial charge in [0.15, 0.2) is 0 Å². The highest BCUT2D eigenvalue weighted by atomic mass is 32.2. The molecule has 0 unspecified atom stereocenters. The Bertz CT molecular complexity index is 647. The molecule has 6 heteroatoms. The molecule has 0 radical (unpaired) electrons. The van der Waals surface area contributed by atoms with E-state index in [1.807, 2.05) is 12.1 Å². The van der Waals surface area contributed by atoms with Crippen LogP contribution >= 0.6 is 0 Å². The zero-order valence-electron chi connectivity index (χ0n) is 13.4. The monoisotopic (exact) mass is 336 g/mol. The molecule has 0 aromatic heterocycles. The first kappa shape index (κ1) is 16.3. The van der Waals surface area contributed by atoms with Crippen LogP contribution in [0.15, 0.2) is 29.2 Å². The first-order chi connectivity index (χ1) is 11.1. The van der Waals surface area contributed by atoms with Crippen LogP contribution in [0, 0.1) is 0 Å². The molecule has 2 aliphatic heterocycles. The lowest BCUT2D eigenvalue weighted by Gasteiger charge is -2.27. The summed E-state index contributed by atoms with van der Waals surface area (Å²) in [5, 5.41) is 0. The second-order valence-electron chi connectivity index (χ2n) is 6.32. The molecule has 1 aromatic rings. The van der Waals surface area contributed by atoms with E-state index in [4.69, 9.17) is 0 Å². The number of anilines is 1. The van der Waals surface area contributed by atoms with Gasteiger partial charge in [0.1, 0.15) is 0 Å². The number of benzene rings is 1. The van der Waals surface area contributed by atoms with Crippen LogP contribution in [0.2, 0.25) is 0 Å². The summed E-state index contributed by atoms with van der Waals surface area (Å²) < 4.78 is 26.1. The molecule has 2 aliphatic rings. The summed E-state index contributed by atoms with van der Waals surface area (Å²) in [5.41, 5.74) is 1.07. The molecular formula is C17H24N2O3S. The van der Waals surface area contributed by atoms with E-state index >= 15 is 0 Å². The number of hydrogen-bond acceptors (Lipinski definition) is 4. The van der Waals surface area contributed by atoms with E-state index in [1.54, 1.807) is 12.1 Å². The van der Waals surface area contributed by atoms with Crippen LogP contribution in [-0.2, 0) is 14.8 Å². The van der Waals surface area contributed by atoms with Crippen molar-refractivity contribution in [2.75, 3.05) is 24.5 Å². The third-order valence-corrected chi connectivity index (χ3v) is 6.51. The van der Waals surface area contributed by atoms with E-state index in [1.165, 1.54) is 32.1 Å². The number of nitrogens with zero attached hydrogens (tertiary/aromatic N) is 2.